The molecule has 5 rings (SSSR count). The normalized spacial score (nSPS) is 14.4. The van der Waals surface area contributed by atoms with Gasteiger partial charge in [-0.2, -0.15) is 14.6 Å². The fourth-order valence-electron chi connectivity index (χ4n) is 3.84. The summed E-state index contributed by atoms with van der Waals surface area (Å²) in [6.45, 7) is 7.31. The number of fused-ring (bicyclic) bond motifs is 1. The van der Waals surface area contributed by atoms with Crippen molar-refractivity contribution in [3.05, 3.63) is 58.5 Å². The molecule has 10 heteroatoms. The molecule has 0 aromatic carbocycles. The molecular weight excluding hydrogens is 394 g/mol. The van der Waals surface area contributed by atoms with Crippen LogP contribution in [0.15, 0.2) is 41.6 Å². The van der Waals surface area contributed by atoms with Crippen molar-refractivity contribution in [1.29, 1.82) is 0 Å². The van der Waals surface area contributed by atoms with E-state index in [9.17, 15) is 4.79 Å². The minimum Gasteiger partial charge on any atom is -0.353 e. The lowest BCUT2D eigenvalue weighted by atomic mass is 10.2. The largest absolute Gasteiger partial charge is 0.353 e. The van der Waals surface area contributed by atoms with Gasteiger partial charge in [0.1, 0.15) is 23.8 Å². The predicted octanol–water partition coefficient (Wildman–Crippen LogP) is 1.47. The highest BCUT2D eigenvalue weighted by Crippen LogP contribution is 2.22. The van der Waals surface area contributed by atoms with Crippen LogP contribution in [0.25, 0.3) is 17.2 Å². The molecular formula is C21H23N9O. The quantitative estimate of drug-likeness (QED) is 0.532. The summed E-state index contributed by atoms with van der Waals surface area (Å²) in [6, 6.07) is 7.51. The molecule has 158 valence electrons. The average Bonchev–Trinajstić information content (AvgIpc) is 3.27. The maximum absolute atomic E-state index is 11.8. The molecule has 0 saturated carbocycles. The molecule has 1 fully saturated rings. The van der Waals surface area contributed by atoms with E-state index in [1.165, 1.54) is 12.4 Å². The number of hydrogen-bond acceptors (Lipinski definition) is 8. The predicted molar refractivity (Wildman–Crippen MR) is 117 cm³/mol. The fraction of sp³-hybridized carbons (Fsp3) is 0.333. The zero-order valence-electron chi connectivity index (χ0n) is 17.5. The van der Waals surface area contributed by atoms with Crippen molar-refractivity contribution in [2.75, 3.05) is 36.0 Å². The van der Waals surface area contributed by atoms with Crippen LogP contribution < -0.4 is 15.4 Å². The molecule has 0 spiro atoms. The van der Waals surface area contributed by atoms with Crippen LogP contribution in [-0.4, -0.2) is 60.7 Å². The van der Waals surface area contributed by atoms with E-state index in [4.69, 9.17) is 0 Å². The van der Waals surface area contributed by atoms with Gasteiger partial charge >= 0.3 is 0 Å². The van der Waals surface area contributed by atoms with Crippen LogP contribution in [0, 0.1) is 6.92 Å². The Morgan fingerprint density at radius 2 is 1.84 bits per heavy atom. The number of aryl methyl sites for hydroxylation is 2. The van der Waals surface area contributed by atoms with Gasteiger partial charge in [-0.1, -0.05) is 6.92 Å². The third-order valence-electron chi connectivity index (χ3n) is 5.47. The molecule has 0 amide bonds. The van der Waals surface area contributed by atoms with Gasteiger partial charge in [-0.15, -0.1) is 0 Å². The van der Waals surface area contributed by atoms with Crippen LogP contribution >= 0.6 is 0 Å². The summed E-state index contributed by atoms with van der Waals surface area (Å²) in [4.78, 5) is 37.0. The zero-order valence-corrected chi connectivity index (χ0v) is 17.5. The number of hydrogen-bond donors (Lipinski definition) is 1. The Kier molecular flexibility index (Phi) is 4.81. The maximum Gasteiger partial charge on any atom is 0.254 e. The minimum absolute atomic E-state index is 0.144. The lowest BCUT2D eigenvalue weighted by Gasteiger charge is -2.36. The van der Waals surface area contributed by atoms with E-state index >= 15 is 0 Å². The number of piperazine rings is 1. The SMILES string of the molecule is CCc1cc(=O)[nH]c(-c2ccc(N3CCN(c4cc(C)nc5ncnn45)CC3)nc2)n1. The van der Waals surface area contributed by atoms with Crippen molar-refractivity contribution in [1.82, 2.24) is 34.5 Å². The highest BCUT2D eigenvalue weighted by molar-refractivity contribution is 5.57. The van der Waals surface area contributed by atoms with Gasteiger partial charge in [0, 0.05) is 61.5 Å². The Morgan fingerprint density at radius 3 is 2.58 bits per heavy atom. The van der Waals surface area contributed by atoms with Gasteiger partial charge < -0.3 is 14.8 Å². The number of nitrogens with one attached hydrogen (secondary N) is 1. The van der Waals surface area contributed by atoms with Crippen molar-refractivity contribution >= 4 is 17.4 Å². The van der Waals surface area contributed by atoms with Gasteiger partial charge in [-0.3, -0.25) is 4.79 Å². The summed E-state index contributed by atoms with van der Waals surface area (Å²) >= 11 is 0. The van der Waals surface area contributed by atoms with Crippen LogP contribution in [0.5, 0.6) is 0 Å². The second-order valence-electron chi connectivity index (χ2n) is 7.55. The first-order valence-corrected chi connectivity index (χ1v) is 10.3. The molecule has 4 aromatic rings. The molecule has 0 atom stereocenters. The average molecular weight is 417 g/mol. The first-order chi connectivity index (χ1) is 15.1. The van der Waals surface area contributed by atoms with Crippen molar-refractivity contribution in [2.45, 2.75) is 20.3 Å². The van der Waals surface area contributed by atoms with Crippen molar-refractivity contribution < 1.29 is 0 Å². The van der Waals surface area contributed by atoms with Gasteiger partial charge in [0.2, 0.25) is 0 Å². The van der Waals surface area contributed by atoms with Gasteiger partial charge in [-0.05, 0) is 25.5 Å². The molecule has 10 nitrogen and oxygen atoms in total. The number of H-pyrrole nitrogens is 1. The van der Waals surface area contributed by atoms with Gasteiger partial charge in [0.05, 0.1) is 0 Å². The van der Waals surface area contributed by atoms with Crippen LogP contribution in [0.4, 0.5) is 11.6 Å². The van der Waals surface area contributed by atoms with E-state index in [1.807, 2.05) is 32.0 Å². The van der Waals surface area contributed by atoms with E-state index in [-0.39, 0.29) is 5.56 Å². The molecule has 0 bridgehead atoms. The van der Waals surface area contributed by atoms with E-state index in [0.29, 0.717) is 18.0 Å². The molecule has 1 N–H and O–H groups in total. The second-order valence-corrected chi connectivity index (χ2v) is 7.55. The minimum atomic E-state index is -0.144. The Bertz CT molecular complexity index is 1270. The van der Waals surface area contributed by atoms with Crippen LogP contribution in [0.3, 0.4) is 0 Å². The molecule has 1 aliphatic rings. The molecule has 5 heterocycles. The van der Waals surface area contributed by atoms with Gasteiger partial charge in [0.25, 0.3) is 11.3 Å². The summed E-state index contributed by atoms with van der Waals surface area (Å²) in [5, 5.41) is 4.31. The summed E-state index contributed by atoms with van der Waals surface area (Å²) in [5.41, 5.74) is 2.35. The number of aromatic nitrogens is 7. The van der Waals surface area contributed by atoms with E-state index in [2.05, 4.69) is 39.8 Å². The van der Waals surface area contributed by atoms with Crippen LogP contribution in [0.1, 0.15) is 18.3 Å². The lowest BCUT2D eigenvalue weighted by molar-refractivity contribution is 0.633. The Labute approximate surface area is 178 Å². The van der Waals surface area contributed by atoms with E-state index in [0.717, 1.165) is 54.8 Å². The molecule has 31 heavy (non-hydrogen) atoms. The number of aromatic amines is 1. The number of anilines is 2. The summed E-state index contributed by atoms with van der Waals surface area (Å²) in [5.74, 6) is 3.09. The number of nitrogens with zero attached hydrogens (tertiary/aromatic N) is 8. The monoisotopic (exact) mass is 417 g/mol. The summed E-state index contributed by atoms with van der Waals surface area (Å²) in [7, 11) is 0. The molecule has 0 unspecified atom stereocenters. The maximum atomic E-state index is 11.8. The Balaban J connectivity index is 1.31. The van der Waals surface area contributed by atoms with Crippen molar-refractivity contribution in [2.24, 2.45) is 0 Å². The molecule has 4 aromatic heterocycles. The zero-order chi connectivity index (χ0) is 21.4. The van der Waals surface area contributed by atoms with Gasteiger partial charge in [-0.25, -0.2) is 15.0 Å². The van der Waals surface area contributed by atoms with Gasteiger partial charge in [0.15, 0.2) is 0 Å². The van der Waals surface area contributed by atoms with E-state index in [1.54, 1.807) is 10.7 Å². The number of rotatable bonds is 4. The summed E-state index contributed by atoms with van der Waals surface area (Å²) in [6.07, 6.45) is 4.01. The fourth-order valence-corrected chi connectivity index (χ4v) is 3.84. The third-order valence-corrected chi connectivity index (χ3v) is 5.47. The molecule has 0 radical (unpaired) electrons. The molecule has 0 aliphatic carbocycles. The standard InChI is InChI=1S/C21H23N9O/c1-3-16-11-18(31)27-20(26-16)15-4-5-17(22-12-15)28-6-8-29(9-7-28)19-10-14(2)25-21-23-13-24-30(19)21/h4-5,10-13H,3,6-9H2,1-2H3,(H,26,27,31). The van der Waals surface area contributed by atoms with Crippen LogP contribution in [-0.2, 0) is 6.42 Å². The highest BCUT2D eigenvalue weighted by atomic mass is 16.1. The third kappa shape index (κ3) is 3.72. The first-order valence-electron chi connectivity index (χ1n) is 10.3. The van der Waals surface area contributed by atoms with E-state index < -0.39 is 0 Å². The molecule has 1 saturated heterocycles. The second kappa shape index (κ2) is 7.78. The van der Waals surface area contributed by atoms with Crippen LogP contribution in [0.2, 0.25) is 0 Å². The highest BCUT2D eigenvalue weighted by Gasteiger charge is 2.21. The number of pyridine rings is 1. The summed E-state index contributed by atoms with van der Waals surface area (Å²) < 4.78 is 1.79. The first kappa shape index (κ1) is 19.2. The lowest BCUT2D eigenvalue weighted by Crippen LogP contribution is -2.47. The Morgan fingerprint density at radius 1 is 1.03 bits per heavy atom. The Hall–Kier alpha value is -3.82. The smallest absolute Gasteiger partial charge is 0.254 e. The molecule has 1 aliphatic heterocycles. The topological polar surface area (TPSA) is 108 Å². The van der Waals surface area contributed by atoms with Crippen molar-refractivity contribution in [3.8, 4) is 11.4 Å². The van der Waals surface area contributed by atoms with Crippen molar-refractivity contribution in [3.63, 3.8) is 0 Å².